The molecule has 6 nitrogen and oxygen atoms in total. The Morgan fingerprint density at radius 2 is 1.97 bits per heavy atom. The molecule has 0 aliphatic rings. The second kappa shape index (κ2) is 8.50. The van der Waals surface area contributed by atoms with Gasteiger partial charge in [0.25, 0.3) is 11.1 Å². The van der Waals surface area contributed by atoms with Gasteiger partial charge >= 0.3 is 0 Å². The van der Waals surface area contributed by atoms with Gasteiger partial charge in [-0.25, -0.2) is 9.97 Å². The van der Waals surface area contributed by atoms with E-state index in [0.717, 1.165) is 11.1 Å². The lowest BCUT2D eigenvalue weighted by atomic mass is 10.1. The summed E-state index contributed by atoms with van der Waals surface area (Å²) < 4.78 is 3.16. The van der Waals surface area contributed by atoms with Crippen LogP contribution in [0.3, 0.4) is 0 Å². The number of thioether (sulfide) groups is 1. The molecule has 0 spiro atoms. The number of benzene rings is 1. The molecule has 0 amide bonds. The molecule has 4 heterocycles. The largest absolute Gasteiger partial charge is 0.283 e. The molecule has 0 saturated carbocycles. The Morgan fingerprint density at radius 3 is 2.75 bits per heavy atom. The molecule has 32 heavy (non-hydrogen) atoms. The number of aryl methyl sites for hydroxylation is 1. The number of thiophene rings is 1. The van der Waals surface area contributed by atoms with Gasteiger partial charge in [0.2, 0.25) is 0 Å². The number of hydrogen-bond acceptors (Lipinski definition) is 7. The number of rotatable bonds is 6. The van der Waals surface area contributed by atoms with Crippen molar-refractivity contribution in [3.63, 3.8) is 0 Å². The van der Waals surface area contributed by atoms with Crippen LogP contribution in [0.25, 0.3) is 26.3 Å². The minimum Gasteiger partial charge on any atom is -0.283 e. The zero-order chi connectivity index (χ0) is 22.2. The Kier molecular flexibility index (Phi) is 5.54. The molecule has 4 aromatic heterocycles. The summed E-state index contributed by atoms with van der Waals surface area (Å²) in [7, 11) is 0. The lowest BCUT2D eigenvalue weighted by Crippen LogP contribution is -2.22. The Labute approximate surface area is 195 Å². The van der Waals surface area contributed by atoms with E-state index >= 15 is 0 Å². The molecule has 0 fully saturated rings. The predicted octanol–water partition coefficient (Wildman–Crippen LogP) is 4.98. The number of hydrogen-bond donors (Lipinski definition) is 0. The number of allylic oxidation sites excluding steroid dienone is 1. The van der Waals surface area contributed by atoms with E-state index in [4.69, 9.17) is 4.98 Å². The highest BCUT2D eigenvalue weighted by Crippen LogP contribution is 2.32. The van der Waals surface area contributed by atoms with Crippen LogP contribution >= 0.6 is 34.4 Å². The van der Waals surface area contributed by atoms with Crippen LogP contribution in [0, 0.1) is 6.92 Å². The van der Waals surface area contributed by atoms with E-state index in [9.17, 15) is 9.59 Å². The number of thiazole rings is 1. The van der Waals surface area contributed by atoms with Crippen molar-refractivity contribution in [2.75, 3.05) is 0 Å². The summed E-state index contributed by atoms with van der Waals surface area (Å²) in [6.45, 7) is 6.20. The molecular weight excluding hydrogens is 460 g/mol. The molecule has 160 valence electrons. The van der Waals surface area contributed by atoms with Gasteiger partial charge in [0, 0.05) is 40.9 Å². The topological polar surface area (TPSA) is 69.3 Å². The maximum Gasteiger partial charge on any atom is 0.263 e. The summed E-state index contributed by atoms with van der Waals surface area (Å²) in [4.78, 5) is 36.4. The minimum absolute atomic E-state index is 0.0871. The zero-order valence-electron chi connectivity index (χ0n) is 17.1. The fourth-order valence-corrected chi connectivity index (χ4v) is 6.08. The summed E-state index contributed by atoms with van der Waals surface area (Å²) in [5.41, 5.74) is 3.53. The van der Waals surface area contributed by atoms with Gasteiger partial charge in [0.05, 0.1) is 11.1 Å². The molecule has 0 aliphatic heterocycles. The van der Waals surface area contributed by atoms with E-state index in [0.29, 0.717) is 38.3 Å². The van der Waals surface area contributed by atoms with E-state index in [-0.39, 0.29) is 11.1 Å². The number of nitrogens with zero attached hydrogens (tertiary/aromatic N) is 4. The van der Waals surface area contributed by atoms with Gasteiger partial charge in [-0.15, -0.1) is 29.3 Å². The van der Waals surface area contributed by atoms with Gasteiger partial charge in [-0.3, -0.25) is 18.6 Å². The van der Waals surface area contributed by atoms with Crippen molar-refractivity contribution < 1.29 is 0 Å². The fraction of sp³-hybridized carbons (Fsp3) is 0.130. The third kappa shape index (κ3) is 3.72. The van der Waals surface area contributed by atoms with Crippen molar-refractivity contribution in [2.24, 2.45) is 0 Å². The smallest absolute Gasteiger partial charge is 0.263 e. The van der Waals surface area contributed by atoms with E-state index in [2.05, 4.69) is 11.6 Å². The van der Waals surface area contributed by atoms with Crippen molar-refractivity contribution in [1.29, 1.82) is 0 Å². The highest BCUT2D eigenvalue weighted by atomic mass is 32.2. The van der Waals surface area contributed by atoms with Crippen LogP contribution in [0.2, 0.25) is 0 Å². The maximum atomic E-state index is 13.5. The summed E-state index contributed by atoms with van der Waals surface area (Å²) in [6, 6.07) is 9.67. The van der Waals surface area contributed by atoms with Crippen LogP contribution in [-0.4, -0.2) is 18.9 Å². The van der Waals surface area contributed by atoms with Crippen molar-refractivity contribution in [1.82, 2.24) is 18.9 Å². The van der Waals surface area contributed by atoms with E-state index < -0.39 is 0 Å². The molecule has 0 atom stereocenters. The molecule has 0 unspecified atom stereocenters. The highest BCUT2D eigenvalue weighted by Gasteiger charge is 2.17. The summed E-state index contributed by atoms with van der Waals surface area (Å²) >= 11 is 4.28. The number of aromatic nitrogens is 4. The van der Waals surface area contributed by atoms with Crippen molar-refractivity contribution in [3.05, 3.63) is 91.9 Å². The van der Waals surface area contributed by atoms with Crippen LogP contribution < -0.4 is 11.1 Å². The Bertz CT molecular complexity index is 1580. The molecule has 0 radical (unpaired) electrons. The zero-order valence-corrected chi connectivity index (χ0v) is 19.6. The Hall–Kier alpha value is -3.01. The molecule has 0 N–H and O–H groups in total. The van der Waals surface area contributed by atoms with E-state index in [1.807, 2.05) is 41.9 Å². The summed E-state index contributed by atoms with van der Waals surface area (Å²) in [5.74, 6) is 0.439. The van der Waals surface area contributed by atoms with Crippen LogP contribution in [0.1, 0.15) is 11.3 Å². The van der Waals surface area contributed by atoms with E-state index in [1.165, 1.54) is 50.5 Å². The standard InChI is InChI=1S/C23H18N4O2S3/c1-3-8-27-21(29)19-17(15-6-4-14(2)5-7-15)13-31-20(19)25-23(27)32-12-16-11-18(28)26-9-10-30-22(26)24-16/h3-7,9-11,13H,1,8,12H2,2H3. The molecule has 9 heteroatoms. The first-order chi connectivity index (χ1) is 15.5. The normalized spacial score (nSPS) is 11.4. The summed E-state index contributed by atoms with van der Waals surface area (Å²) in [6.07, 6.45) is 3.41. The van der Waals surface area contributed by atoms with Gasteiger partial charge in [-0.05, 0) is 12.5 Å². The minimum atomic E-state index is -0.111. The van der Waals surface area contributed by atoms with Crippen molar-refractivity contribution >= 4 is 49.6 Å². The predicted molar refractivity (Wildman–Crippen MR) is 133 cm³/mol. The van der Waals surface area contributed by atoms with Crippen molar-refractivity contribution in [3.8, 4) is 11.1 Å². The monoisotopic (exact) mass is 478 g/mol. The maximum absolute atomic E-state index is 13.5. The molecular formula is C23H18N4O2S3. The van der Waals surface area contributed by atoms with Gasteiger partial charge in [0.15, 0.2) is 10.1 Å². The fourth-order valence-electron chi connectivity index (χ4n) is 3.45. The van der Waals surface area contributed by atoms with Crippen molar-refractivity contribution in [2.45, 2.75) is 24.4 Å². The second-order valence-corrected chi connectivity index (χ2v) is 9.90. The van der Waals surface area contributed by atoms with Gasteiger partial charge in [-0.1, -0.05) is 47.7 Å². The molecule has 0 bridgehead atoms. The van der Waals surface area contributed by atoms with Crippen LogP contribution in [-0.2, 0) is 12.3 Å². The first-order valence-corrected chi connectivity index (χ1v) is 12.6. The molecule has 1 aromatic carbocycles. The van der Waals surface area contributed by atoms with Gasteiger partial charge in [-0.2, -0.15) is 0 Å². The van der Waals surface area contributed by atoms with Crippen LogP contribution in [0.4, 0.5) is 0 Å². The Balaban J connectivity index is 1.56. The SMILES string of the molecule is C=CCn1c(SCc2cc(=O)n3ccsc3n2)nc2scc(-c3ccc(C)cc3)c2c1=O. The highest BCUT2D eigenvalue weighted by molar-refractivity contribution is 7.98. The average Bonchev–Trinajstić information content (AvgIpc) is 3.43. The molecule has 0 aliphatic carbocycles. The third-order valence-electron chi connectivity index (χ3n) is 5.04. The second-order valence-electron chi connectivity index (χ2n) is 7.22. The Morgan fingerprint density at radius 1 is 1.16 bits per heavy atom. The first-order valence-electron chi connectivity index (χ1n) is 9.83. The van der Waals surface area contributed by atoms with Crippen LogP contribution in [0.5, 0.6) is 0 Å². The molecule has 5 aromatic rings. The molecule has 5 rings (SSSR count). The quantitative estimate of drug-likeness (QED) is 0.196. The lowest BCUT2D eigenvalue weighted by molar-refractivity contribution is 0.673. The van der Waals surface area contributed by atoms with Gasteiger partial charge < -0.3 is 0 Å². The van der Waals surface area contributed by atoms with Gasteiger partial charge in [0.1, 0.15) is 4.83 Å². The third-order valence-corrected chi connectivity index (χ3v) is 7.68. The molecule has 0 saturated heterocycles. The van der Waals surface area contributed by atoms with Crippen LogP contribution in [0.15, 0.2) is 74.7 Å². The average molecular weight is 479 g/mol. The number of fused-ring (bicyclic) bond motifs is 2. The van der Waals surface area contributed by atoms with E-state index in [1.54, 1.807) is 16.8 Å². The first kappa shape index (κ1) is 20.9. The summed E-state index contributed by atoms with van der Waals surface area (Å²) in [5, 5.41) is 5.04. The lowest BCUT2D eigenvalue weighted by Gasteiger charge is -2.10.